The Morgan fingerprint density at radius 2 is 1.61 bits per heavy atom. The first kappa shape index (κ1) is 61.0. The number of cyclic esters (lactones) is 1. The number of carboxylic acids is 1. The first-order valence-electron chi connectivity index (χ1n) is 28.0. The van der Waals surface area contributed by atoms with E-state index in [-0.39, 0.29) is 105 Å². The maximum atomic E-state index is 14.4. The van der Waals surface area contributed by atoms with E-state index in [4.69, 9.17) is 24.3 Å². The summed E-state index contributed by atoms with van der Waals surface area (Å²) in [6.45, 7) is 11.8. The van der Waals surface area contributed by atoms with Crippen LogP contribution in [0.4, 0.5) is 4.79 Å². The van der Waals surface area contributed by atoms with Crippen molar-refractivity contribution in [1.29, 1.82) is 0 Å². The molecular weight excluding hydrogens is 1070 g/mol. The van der Waals surface area contributed by atoms with Crippen LogP contribution in [0, 0.1) is 0 Å². The number of carbonyl (C=O) groups excluding carboxylic acids is 6. The molecule has 7 heterocycles. The van der Waals surface area contributed by atoms with Gasteiger partial charge in [-0.2, -0.15) is 11.8 Å². The van der Waals surface area contributed by atoms with Crippen LogP contribution in [-0.2, 0) is 76.4 Å². The van der Waals surface area contributed by atoms with E-state index in [2.05, 4.69) is 20.5 Å². The Morgan fingerprint density at radius 3 is 2.30 bits per heavy atom. The number of aryl methyl sites for hydroxylation is 2. The molecule has 2 saturated heterocycles. The Morgan fingerprint density at radius 1 is 0.887 bits per heavy atom. The standard InChI is InChI=1S/C56H74N10O12S.ClH/c1-5-40-41-31-39(77-55(75)64-23-17-38(18-24-64)61-21-10-9-11-22-61)15-16-45(41)58-52-42(40)34-66-46(52)32-44-43(53(66)73)36-76-54(74)56(44,8-4)78-51(72)35-65-33-37(59-60-65)13-12-14-47(67)57-20-25-62(48(68)6-2)26-27-63(49(69)7-3)28-30-79-29-19-50(70)71;/h15-16,31-33,38H,5-14,17-30,34-36H2,1-4H3,(H,57,67)(H,70,71);1H/t56-;/m0./s1. The molecule has 0 aliphatic carbocycles. The average molecular weight is 1150 g/mol. The van der Waals surface area contributed by atoms with E-state index in [0.717, 1.165) is 42.4 Å². The molecule has 8 rings (SSSR count). The van der Waals surface area contributed by atoms with Gasteiger partial charge in [-0.1, -0.05) is 39.3 Å². The summed E-state index contributed by atoms with van der Waals surface area (Å²) in [6, 6.07) is 7.60. The van der Waals surface area contributed by atoms with Crippen LogP contribution in [0.5, 0.6) is 5.75 Å². The number of rotatable bonds is 25. The van der Waals surface area contributed by atoms with Crippen molar-refractivity contribution < 1.29 is 52.9 Å². The second-order valence-corrected chi connectivity index (χ2v) is 21.7. The number of likely N-dealkylation sites (tertiary alicyclic amines) is 2. The molecule has 4 aliphatic heterocycles. The maximum Gasteiger partial charge on any atom is 0.415 e. The minimum atomic E-state index is -1.94. The summed E-state index contributed by atoms with van der Waals surface area (Å²) >= 11 is 1.46. The van der Waals surface area contributed by atoms with Gasteiger partial charge in [0.05, 0.1) is 41.1 Å². The second-order valence-electron chi connectivity index (χ2n) is 20.5. The smallest absolute Gasteiger partial charge is 0.415 e. The number of nitrogens with one attached hydrogen (secondary N) is 1. The minimum Gasteiger partial charge on any atom is -0.481 e. The zero-order valence-corrected chi connectivity index (χ0v) is 48.0. The molecule has 434 valence electrons. The normalized spacial score (nSPS) is 16.9. The number of halogens is 1. The lowest BCUT2D eigenvalue weighted by Crippen LogP contribution is -2.48. The molecule has 4 aliphatic rings. The fraction of sp³-hybridized carbons (Fsp3) is 0.589. The fourth-order valence-corrected chi connectivity index (χ4v) is 12.1. The highest BCUT2D eigenvalue weighted by molar-refractivity contribution is 7.99. The van der Waals surface area contributed by atoms with Crippen LogP contribution in [0.25, 0.3) is 22.3 Å². The number of fused-ring (bicyclic) bond motifs is 5. The van der Waals surface area contributed by atoms with Crippen molar-refractivity contribution >= 4 is 76.8 Å². The van der Waals surface area contributed by atoms with Crippen LogP contribution in [0.1, 0.15) is 126 Å². The van der Waals surface area contributed by atoms with E-state index < -0.39 is 30.1 Å². The summed E-state index contributed by atoms with van der Waals surface area (Å²) in [6.07, 6.45) is 8.90. The lowest BCUT2D eigenvalue weighted by atomic mass is 9.85. The SMILES string of the molecule is CCC(=O)N(CCNC(=O)CCCc1cn(CC(=O)O[C@]2(CC)C(=O)OCc3c2cc2n(c3=O)Cc3c-2nc2ccc(OC(=O)N4CCC(N5CCCCC5)CC4)cc2c3CC)nn1)CCN(CCSCCC(=O)O)C(=O)CC.Cl. The van der Waals surface area contributed by atoms with Gasteiger partial charge in [0.1, 0.15) is 18.9 Å². The number of hydrogen-bond acceptors (Lipinski definition) is 16. The Kier molecular flexibility index (Phi) is 21.5. The second kappa shape index (κ2) is 28.2. The summed E-state index contributed by atoms with van der Waals surface area (Å²) < 4.78 is 20.5. The Hall–Kier alpha value is -6.59. The molecule has 2 N–H and O–H groups in total. The highest BCUT2D eigenvalue weighted by atomic mass is 35.5. The lowest BCUT2D eigenvalue weighted by Gasteiger charge is -2.39. The molecule has 0 unspecified atom stereocenters. The quantitative estimate of drug-likeness (QED) is 0.0542. The summed E-state index contributed by atoms with van der Waals surface area (Å²) in [4.78, 5) is 117. The summed E-state index contributed by atoms with van der Waals surface area (Å²) in [5, 5.41) is 20.8. The molecule has 0 spiro atoms. The van der Waals surface area contributed by atoms with Gasteiger partial charge in [-0.25, -0.2) is 24.0 Å². The molecule has 1 atom stereocenters. The number of aromatic nitrogens is 5. The van der Waals surface area contributed by atoms with Gasteiger partial charge in [-0.3, -0.25) is 24.0 Å². The third-order valence-electron chi connectivity index (χ3n) is 15.6. The molecule has 1 aromatic carbocycles. The number of carbonyl (C=O) groups is 7. The molecule has 2 fully saturated rings. The molecule has 80 heavy (non-hydrogen) atoms. The maximum absolute atomic E-state index is 14.4. The molecule has 0 radical (unpaired) electrons. The van der Waals surface area contributed by atoms with Crippen LogP contribution in [0.2, 0.25) is 0 Å². The number of aliphatic carboxylic acids is 1. The largest absolute Gasteiger partial charge is 0.481 e. The summed E-state index contributed by atoms with van der Waals surface area (Å²) in [7, 11) is 0. The van der Waals surface area contributed by atoms with Crippen LogP contribution in [0.3, 0.4) is 0 Å². The van der Waals surface area contributed by atoms with Crippen molar-refractivity contribution in [2.45, 2.75) is 143 Å². The molecule has 24 heteroatoms. The van der Waals surface area contributed by atoms with Gasteiger partial charge < -0.3 is 48.8 Å². The highest BCUT2D eigenvalue weighted by Crippen LogP contribution is 2.42. The van der Waals surface area contributed by atoms with E-state index in [1.807, 2.05) is 19.1 Å². The zero-order valence-electron chi connectivity index (χ0n) is 46.3. The first-order valence-corrected chi connectivity index (χ1v) is 29.2. The molecular formula is C56H75ClN10O12S. The van der Waals surface area contributed by atoms with Crippen LogP contribution in [0.15, 0.2) is 35.3 Å². The number of pyridine rings is 2. The van der Waals surface area contributed by atoms with Gasteiger partial charge in [-0.15, -0.1) is 17.5 Å². The number of benzene rings is 1. The predicted molar refractivity (Wildman–Crippen MR) is 300 cm³/mol. The number of hydrogen-bond donors (Lipinski definition) is 2. The first-order chi connectivity index (χ1) is 38.2. The Balaban J connectivity index is 0.00000924. The Labute approximate surface area is 476 Å². The fourth-order valence-electron chi connectivity index (χ4n) is 11.2. The van der Waals surface area contributed by atoms with E-state index in [1.54, 1.807) is 58.4 Å². The van der Waals surface area contributed by atoms with Crippen molar-refractivity contribution in [3.05, 3.63) is 68.8 Å². The molecule has 22 nitrogen and oxygen atoms in total. The van der Waals surface area contributed by atoms with Crippen LogP contribution < -0.4 is 15.6 Å². The Bertz CT molecular complexity index is 2980. The topological polar surface area (TPSA) is 258 Å². The van der Waals surface area contributed by atoms with Crippen molar-refractivity contribution in [2.75, 3.05) is 70.4 Å². The molecule has 0 bridgehead atoms. The van der Waals surface area contributed by atoms with Crippen molar-refractivity contribution in [3.63, 3.8) is 0 Å². The van der Waals surface area contributed by atoms with E-state index in [0.29, 0.717) is 104 Å². The molecule has 3 aromatic heterocycles. The number of carboxylic acid groups (broad SMARTS) is 1. The summed E-state index contributed by atoms with van der Waals surface area (Å²) in [5.74, 6) is -1.44. The monoisotopic (exact) mass is 1150 g/mol. The van der Waals surface area contributed by atoms with Crippen molar-refractivity contribution in [3.8, 4) is 17.1 Å². The van der Waals surface area contributed by atoms with E-state index in [9.17, 15) is 38.4 Å². The van der Waals surface area contributed by atoms with Gasteiger partial charge in [0.15, 0.2) is 0 Å². The molecule has 0 saturated carbocycles. The van der Waals surface area contributed by atoms with Crippen molar-refractivity contribution in [2.24, 2.45) is 0 Å². The van der Waals surface area contributed by atoms with E-state index in [1.165, 1.54) is 35.7 Å². The summed E-state index contributed by atoms with van der Waals surface area (Å²) in [5.41, 5.74) is 2.11. The van der Waals surface area contributed by atoms with Crippen molar-refractivity contribution in [1.82, 2.24) is 49.5 Å². The van der Waals surface area contributed by atoms with Gasteiger partial charge in [0.2, 0.25) is 23.3 Å². The third-order valence-corrected chi connectivity index (χ3v) is 16.5. The zero-order chi connectivity index (χ0) is 56.2. The van der Waals surface area contributed by atoms with Crippen LogP contribution >= 0.6 is 24.2 Å². The third kappa shape index (κ3) is 14.3. The number of piperidine rings is 2. The number of thioether (sulfide) groups is 1. The highest BCUT2D eigenvalue weighted by Gasteiger charge is 2.50. The molecule has 4 amide bonds. The number of ether oxygens (including phenoxy) is 3. The van der Waals surface area contributed by atoms with Gasteiger partial charge >= 0.3 is 24.0 Å². The predicted octanol–water partition coefficient (Wildman–Crippen LogP) is 5.48. The number of esters is 2. The van der Waals surface area contributed by atoms with Crippen LogP contribution in [-0.4, -0.2) is 167 Å². The average Bonchev–Trinajstić information content (AvgIpc) is 4.24. The van der Waals surface area contributed by atoms with Gasteiger partial charge in [-0.05, 0) is 94.3 Å². The minimum absolute atomic E-state index is 0. The van der Waals surface area contributed by atoms with Gasteiger partial charge in [0.25, 0.3) is 5.56 Å². The molecule has 4 aromatic rings. The number of amides is 4. The number of nitrogens with zero attached hydrogens (tertiary/aromatic N) is 9. The van der Waals surface area contributed by atoms with Gasteiger partial charge in [0, 0.05) is 105 Å². The lowest BCUT2D eigenvalue weighted by molar-refractivity contribution is -0.190. The van der Waals surface area contributed by atoms with E-state index >= 15 is 0 Å².